The van der Waals surface area contributed by atoms with E-state index in [0.29, 0.717) is 27.4 Å². The average Bonchev–Trinajstić information content (AvgIpc) is 3.50. The van der Waals surface area contributed by atoms with Gasteiger partial charge in [0.1, 0.15) is 29.9 Å². The van der Waals surface area contributed by atoms with Gasteiger partial charge in [0.15, 0.2) is 0 Å². The van der Waals surface area contributed by atoms with Crippen LogP contribution in [0.1, 0.15) is 31.3 Å². The molecule has 0 bridgehead atoms. The van der Waals surface area contributed by atoms with Gasteiger partial charge in [-0.1, -0.05) is 19.1 Å². The van der Waals surface area contributed by atoms with E-state index in [1.807, 2.05) is 13.8 Å². The lowest BCUT2D eigenvalue weighted by Crippen LogP contribution is -2.35. The molecule has 33 heavy (non-hydrogen) atoms. The van der Waals surface area contributed by atoms with Crippen LogP contribution in [0.4, 0.5) is 0 Å². The fourth-order valence-electron chi connectivity index (χ4n) is 3.19. The molecule has 3 heterocycles. The van der Waals surface area contributed by atoms with E-state index in [1.165, 1.54) is 4.68 Å². The minimum atomic E-state index is -3.86. The topological polar surface area (TPSA) is 155 Å². The minimum absolute atomic E-state index is 0.0289. The van der Waals surface area contributed by atoms with Crippen molar-refractivity contribution in [3.8, 4) is 5.75 Å². The summed E-state index contributed by atoms with van der Waals surface area (Å²) < 4.78 is 36.0. The number of nitrogens with two attached hydrogens (primary N) is 1. The SMILES string of the molecule is CC(C)C(C(=O)NCc1ccco1)n1cc(COc2ccc3nc(S(N)(=O)=O)sc3c2)nn1. The molecule has 0 aliphatic rings. The normalized spacial score (nSPS) is 12.8. The lowest BCUT2D eigenvalue weighted by Gasteiger charge is -2.19. The molecule has 1 aromatic carbocycles. The van der Waals surface area contributed by atoms with Gasteiger partial charge in [0.05, 0.1) is 29.2 Å². The number of furan rings is 1. The molecule has 1 unspecified atom stereocenters. The first kappa shape index (κ1) is 22.9. The number of fused-ring (bicyclic) bond motifs is 1. The molecule has 11 nitrogen and oxygen atoms in total. The van der Waals surface area contributed by atoms with Gasteiger partial charge in [0.25, 0.3) is 10.0 Å². The molecule has 4 aromatic rings. The molecule has 3 aromatic heterocycles. The number of primary sulfonamides is 1. The highest BCUT2D eigenvalue weighted by Gasteiger charge is 2.25. The zero-order valence-electron chi connectivity index (χ0n) is 17.8. The summed E-state index contributed by atoms with van der Waals surface area (Å²) in [6.07, 6.45) is 3.22. The van der Waals surface area contributed by atoms with Crippen molar-refractivity contribution in [3.05, 3.63) is 54.2 Å². The van der Waals surface area contributed by atoms with Gasteiger partial charge < -0.3 is 14.5 Å². The smallest absolute Gasteiger partial charge is 0.265 e. The first-order valence-electron chi connectivity index (χ1n) is 9.97. The molecule has 3 N–H and O–H groups in total. The van der Waals surface area contributed by atoms with Crippen LogP contribution in [0.25, 0.3) is 10.2 Å². The Morgan fingerprint density at radius 3 is 2.85 bits per heavy atom. The van der Waals surface area contributed by atoms with Gasteiger partial charge in [-0.15, -0.1) is 16.4 Å². The van der Waals surface area contributed by atoms with Crippen molar-refractivity contribution in [2.45, 2.75) is 37.4 Å². The van der Waals surface area contributed by atoms with E-state index in [4.69, 9.17) is 14.3 Å². The molecule has 174 valence electrons. The number of sulfonamides is 1. The Morgan fingerprint density at radius 1 is 1.33 bits per heavy atom. The standard InChI is InChI=1S/C20H22N6O5S2/c1-12(2)18(19(27)22-9-15-4-3-7-30-15)26-10-13(24-25-26)11-31-14-5-6-16-17(8-14)32-20(23-16)33(21,28)29/h3-8,10,12,18H,9,11H2,1-2H3,(H,22,27)(H2,21,28,29). The third-order valence-electron chi connectivity index (χ3n) is 4.73. The Hall–Kier alpha value is -3.29. The number of carbonyl (C=O) groups excluding carboxylic acids is 1. The lowest BCUT2D eigenvalue weighted by atomic mass is 10.0. The molecule has 0 aliphatic heterocycles. The second-order valence-electron chi connectivity index (χ2n) is 7.62. The van der Waals surface area contributed by atoms with Gasteiger partial charge in [0, 0.05) is 0 Å². The molecular formula is C20H22N6O5S2. The summed E-state index contributed by atoms with van der Waals surface area (Å²) in [4.78, 5) is 16.7. The van der Waals surface area contributed by atoms with Crippen molar-refractivity contribution in [1.82, 2.24) is 25.3 Å². The Labute approximate surface area is 193 Å². The molecular weight excluding hydrogens is 468 g/mol. The van der Waals surface area contributed by atoms with E-state index in [-0.39, 0.29) is 29.3 Å². The van der Waals surface area contributed by atoms with Gasteiger partial charge in [-0.3, -0.25) is 4.79 Å². The fourth-order valence-corrected chi connectivity index (χ4v) is 4.87. The van der Waals surface area contributed by atoms with Crippen molar-refractivity contribution in [2.24, 2.45) is 11.1 Å². The van der Waals surface area contributed by atoms with Crippen LogP contribution in [0, 0.1) is 5.92 Å². The van der Waals surface area contributed by atoms with Crippen molar-refractivity contribution in [2.75, 3.05) is 0 Å². The lowest BCUT2D eigenvalue weighted by molar-refractivity contribution is -0.126. The number of benzene rings is 1. The van der Waals surface area contributed by atoms with Gasteiger partial charge in [-0.2, -0.15) is 0 Å². The van der Waals surface area contributed by atoms with E-state index >= 15 is 0 Å². The molecule has 0 saturated heterocycles. The Bertz CT molecular complexity index is 1360. The van der Waals surface area contributed by atoms with E-state index < -0.39 is 16.1 Å². The molecule has 4 rings (SSSR count). The van der Waals surface area contributed by atoms with E-state index in [0.717, 1.165) is 11.3 Å². The average molecular weight is 491 g/mol. The van der Waals surface area contributed by atoms with Crippen LogP contribution in [-0.4, -0.2) is 34.3 Å². The molecule has 13 heteroatoms. The van der Waals surface area contributed by atoms with Crippen molar-refractivity contribution in [1.29, 1.82) is 0 Å². The van der Waals surface area contributed by atoms with Crippen LogP contribution in [0.3, 0.4) is 0 Å². The predicted octanol–water partition coefficient (Wildman–Crippen LogP) is 2.22. The maximum Gasteiger partial charge on any atom is 0.265 e. The van der Waals surface area contributed by atoms with Crippen molar-refractivity contribution < 1.29 is 22.4 Å². The Balaban J connectivity index is 1.42. The Kier molecular flexibility index (Phi) is 6.44. The highest BCUT2D eigenvalue weighted by molar-refractivity contribution is 7.91. The monoisotopic (exact) mass is 490 g/mol. The van der Waals surface area contributed by atoms with E-state index in [9.17, 15) is 13.2 Å². The van der Waals surface area contributed by atoms with E-state index in [2.05, 4.69) is 20.6 Å². The summed E-state index contributed by atoms with van der Waals surface area (Å²) in [5.74, 6) is 0.949. The van der Waals surface area contributed by atoms with Gasteiger partial charge >= 0.3 is 0 Å². The van der Waals surface area contributed by atoms with Crippen LogP contribution >= 0.6 is 11.3 Å². The number of hydrogen-bond acceptors (Lipinski definition) is 9. The second kappa shape index (κ2) is 9.29. The summed E-state index contributed by atoms with van der Waals surface area (Å²) in [6.45, 7) is 4.25. The third kappa shape index (κ3) is 5.38. The largest absolute Gasteiger partial charge is 0.487 e. The van der Waals surface area contributed by atoms with Gasteiger partial charge in [0.2, 0.25) is 10.2 Å². The number of amides is 1. The van der Waals surface area contributed by atoms with Crippen LogP contribution < -0.4 is 15.2 Å². The molecule has 0 spiro atoms. The number of nitrogens with one attached hydrogen (secondary N) is 1. The van der Waals surface area contributed by atoms with Crippen LogP contribution in [-0.2, 0) is 28.0 Å². The van der Waals surface area contributed by atoms with Crippen molar-refractivity contribution >= 4 is 37.5 Å². The summed E-state index contributed by atoms with van der Waals surface area (Å²) in [5, 5.41) is 16.2. The molecule has 1 atom stereocenters. The molecule has 0 aliphatic carbocycles. The molecule has 1 amide bonds. The first-order chi connectivity index (χ1) is 15.7. The number of thiazole rings is 1. The number of ether oxygens (including phenoxy) is 1. The molecule has 0 fully saturated rings. The third-order valence-corrected chi connectivity index (χ3v) is 7.07. The fraction of sp³-hybridized carbons (Fsp3) is 0.300. The van der Waals surface area contributed by atoms with Crippen LogP contribution in [0.2, 0.25) is 0 Å². The van der Waals surface area contributed by atoms with Gasteiger partial charge in [-0.25, -0.2) is 23.2 Å². The van der Waals surface area contributed by atoms with Crippen LogP contribution in [0.5, 0.6) is 5.75 Å². The number of nitrogens with zero attached hydrogens (tertiary/aromatic N) is 4. The highest BCUT2D eigenvalue weighted by atomic mass is 32.2. The predicted molar refractivity (Wildman–Crippen MR) is 120 cm³/mol. The number of carbonyl (C=O) groups is 1. The van der Waals surface area contributed by atoms with Crippen molar-refractivity contribution in [3.63, 3.8) is 0 Å². The van der Waals surface area contributed by atoms with Gasteiger partial charge in [-0.05, 0) is 36.2 Å². The molecule has 0 saturated carbocycles. The summed E-state index contributed by atoms with van der Waals surface area (Å²) in [5.41, 5.74) is 1.05. The second-order valence-corrected chi connectivity index (χ2v) is 10.4. The molecule has 0 radical (unpaired) electrons. The first-order valence-corrected chi connectivity index (χ1v) is 12.3. The quantitative estimate of drug-likeness (QED) is 0.362. The summed E-state index contributed by atoms with van der Waals surface area (Å²) in [6, 6.07) is 8.02. The summed E-state index contributed by atoms with van der Waals surface area (Å²) >= 11 is 0.971. The van der Waals surface area contributed by atoms with Crippen LogP contribution in [0.15, 0.2) is 51.5 Å². The maximum absolute atomic E-state index is 12.7. The summed E-state index contributed by atoms with van der Waals surface area (Å²) in [7, 11) is -3.86. The zero-order chi connectivity index (χ0) is 23.6. The Morgan fingerprint density at radius 2 is 2.15 bits per heavy atom. The number of rotatable bonds is 9. The van der Waals surface area contributed by atoms with E-state index in [1.54, 1.807) is 42.8 Å². The zero-order valence-corrected chi connectivity index (χ0v) is 19.5. The number of hydrogen-bond donors (Lipinski definition) is 2. The maximum atomic E-state index is 12.7. The minimum Gasteiger partial charge on any atom is -0.487 e. The number of aromatic nitrogens is 4. The highest BCUT2D eigenvalue weighted by Crippen LogP contribution is 2.28.